The van der Waals surface area contributed by atoms with Crippen molar-refractivity contribution in [1.29, 1.82) is 0 Å². The summed E-state index contributed by atoms with van der Waals surface area (Å²) >= 11 is 1.29. The van der Waals surface area contributed by atoms with Gasteiger partial charge in [0.15, 0.2) is 5.13 Å². The van der Waals surface area contributed by atoms with E-state index >= 15 is 0 Å². The minimum atomic E-state index is -0.963. The summed E-state index contributed by atoms with van der Waals surface area (Å²) in [5, 5.41) is 11.6. The molecule has 1 amide bonds. The number of carbonyl (C=O) groups excluding carboxylic acids is 3. The maximum atomic E-state index is 13.4. The van der Waals surface area contributed by atoms with E-state index in [1.54, 1.807) is 48.5 Å². The van der Waals surface area contributed by atoms with Gasteiger partial charge in [-0.25, -0.2) is 9.78 Å². The first-order valence-corrected chi connectivity index (χ1v) is 12.1. The Balaban J connectivity index is 1.69. The topological polar surface area (TPSA) is 106 Å². The molecule has 8 nitrogen and oxygen atoms in total. The Bertz CT molecular complexity index is 1570. The summed E-state index contributed by atoms with van der Waals surface area (Å²) in [7, 11) is 2.81. The van der Waals surface area contributed by atoms with Gasteiger partial charge in [0, 0.05) is 5.56 Å². The number of carbonyl (C=O) groups is 3. The van der Waals surface area contributed by atoms with Crippen LogP contribution in [0.5, 0.6) is 5.75 Å². The number of aromatic nitrogens is 1. The van der Waals surface area contributed by atoms with E-state index < -0.39 is 23.7 Å². The Labute approximate surface area is 216 Å². The lowest BCUT2D eigenvalue weighted by atomic mass is 9.94. The van der Waals surface area contributed by atoms with Gasteiger partial charge in [-0.1, -0.05) is 29.5 Å². The fraction of sp³-hybridized carbons (Fsp3) is 0.143. The minimum absolute atomic E-state index is 0.0728. The lowest BCUT2D eigenvalue weighted by molar-refractivity contribution is -0.132. The molecule has 5 rings (SSSR count). The Morgan fingerprint density at radius 3 is 2.30 bits per heavy atom. The molecule has 1 N–H and O–H groups in total. The summed E-state index contributed by atoms with van der Waals surface area (Å²) in [6, 6.07) is 17.7. The van der Waals surface area contributed by atoms with Crippen molar-refractivity contribution in [3.8, 4) is 5.75 Å². The van der Waals surface area contributed by atoms with Crippen LogP contribution in [0.3, 0.4) is 0 Å². The molecule has 0 radical (unpaired) electrons. The SMILES string of the molecule is COC(=O)c1ccc([C@H]2/C(=C(\O)c3ccc(OC)cc3)C(=O)C(=O)N2c2nc3ccc(C)cc3s2)cc1. The molecule has 0 spiro atoms. The molecule has 4 aromatic rings. The van der Waals surface area contributed by atoms with Crippen LogP contribution in [-0.4, -0.2) is 42.0 Å². The number of fused-ring (bicyclic) bond motifs is 1. The van der Waals surface area contributed by atoms with E-state index in [0.29, 0.717) is 33.1 Å². The fourth-order valence-electron chi connectivity index (χ4n) is 4.29. The maximum absolute atomic E-state index is 13.4. The molecular weight excluding hydrogens is 492 g/mol. The maximum Gasteiger partial charge on any atom is 0.337 e. The number of methoxy groups -OCH3 is 2. The molecule has 1 aliphatic rings. The number of esters is 1. The highest BCUT2D eigenvalue weighted by Crippen LogP contribution is 2.44. The van der Waals surface area contributed by atoms with Crippen LogP contribution in [0.25, 0.3) is 16.0 Å². The Hall–Kier alpha value is -4.50. The number of aliphatic hydroxyl groups is 1. The molecule has 1 fully saturated rings. The van der Waals surface area contributed by atoms with Gasteiger partial charge in [-0.2, -0.15) is 0 Å². The number of rotatable bonds is 5. The van der Waals surface area contributed by atoms with Crippen molar-refractivity contribution in [2.45, 2.75) is 13.0 Å². The highest BCUT2D eigenvalue weighted by molar-refractivity contribution is 7.22. The highest BCUT2D eigenvalue weighted by atomic mass is 32.1. The van der Waals surface area contributed by atoms with Gasteiger partial charge in [0.1, 0.15) is 11.5 Å². The number of benzene rings is 3. The van der Waals surface area contributed by atoms with Crippen molar-refractivity contribution in [3.05, 3.63) is 94.6 Å². The molecule has 186 valence electrons. The molecule has 3 aromatic carbocycles. The van der Waals surface area contributed by atoms with Gasteiger partial charge in [0.05, 0.1) is 41.6 Å². The van der Waals surface area contributed by atoms with Crippen LogP contribution in [-0.2, 0) is 14.3 Å². The highest BCUT2D eigenvalue weighted by Gasteiger charge is 2.48. The van der Waals surface area contributed by atoms with Crippen LogP contribution in [0.1, 0.15) is 33.1 Å². The zero-order chi connectivity index (χ0) is 26.3. The molecule has 1 atom stereocenters. The summed E-state index contributed by atoms with van der Waals surface area (Å²) in [6.07, 6.45) is 0. The lowest BCUT2D eigenvalue weighted by Crippen LogP contribution is -2.29. The molecule has 1 saturated heterocycles. The second kappa shape index (κ2) is 9.51. The Morgan fingerprint density at radius 2 is 1.65 bits per heavy atom. The third-order valence-electron chi connectivity index (χ3n) is 6.19. The lowest BCUT2D eigenvalue weighted by Gasteiger charge is -2.23. The molecule has 0 bridgehead atoms. The normalized spacial score (nSPS) is 16.8. The van der Waals surface area contributed by atoms with Gasteiger partial charge in [0.25, 0.3) is 5.78 Å². The summed E-state index contributed by atoms with van der Waals surface area (Å²) in [5.74, 6) is -1.88. The molecule has 2 heterocycles. The monoisotopic (exact) mass is 514 g/mol. The zero-order valence-electron chi connectivity index (χ0n) is 20.2. The molecule has 0 aliphatic carbocycles. The first-order valence-electron chi connectivity index (χ1n) is 11.3. The van der Waals surface area contributed by atoms with Crippen molar-refractivity contribution in [2.24, 2.45) is 0 Å². The van der Waals surface area contributed by atoms with Crippen LogP contribution in [0.2, 0.25) is 0 Å². The molecule has 37 heavy (non-hydrogen) atoms. The van der Waals surface area contributed by atoms with E-state index in [4.69, 9.17) is 9.47 Å². The third kappa shape index (κ3) is 4.23. The second-order valence-corrected chi connectivity index (χ2v) is 9.49. The first-order chi connectivity index (χ1) is 17.8. The number of ketones is 1. The molecule has 0 unspecified atom stereocenters. The third-order valence-corrected chi connectivity index (χ3v) is 7.21. The number of thiazole rings is 1. The molecule has 1 aliphatic heterocycles. The first kappa shape index (κ1) is 24.2. The molecule has 1 aromatic heterocycles. The van der Waals surface area contributed by atoms with Crippen molar-refractivity contribution >= 4 is 50.1 Å². The smallest absolute Gasteiger partial charge is 0.337 e. The van der Waals surface area contributed by atoms with Crippen molar-refractivity contribution < 1.29 is 29.0 Å². The van der Waals surface area contributed by atoms with E-state index in [1.807, 2.05) is 25.1 Å². The van der Waals surface area contributed by atoms with E-state index in [9.17, 15) is 19.5 Å². The summed E-state index contributed by atoms with van der Waals surface area (Å²) in [5.41, 5.74) is 2.86. The van der Waals surface area contributed by atoms with Gasteiger partial charge in [-0.05, 0) is 66.6 Å². The number of aryl methyl sites for hydroxylation is 1. The predicted molar refractivity (Wildman–Crippen MR) is 140 cm³/mol. The van der Waals surface area contributed by atoms with Crippen LogP contribution in [0.15, 0.2) is 72.3 Å². The largest absolute Gasteiger partial charge is 0.507 e. The van der Waals surface area contributed by atoms with E-state index in [-0.39, 0.29) is 11.3 Å². The van der Waals surface area contributed by atoms with Crippen molar-refractivity contribution in [2.75, 3.05) is 19.1 Å². The van der Waals surface area contributed by atoms with Gasteiger partial charge in [-0.3, -0.25) is 14.5 Å². The number of nitrogens with zero attached hydrogens (tertiary/aromatic N) is 2. The minimum Gasteiger partial charge on any atom is -0.507 e. The number of hydrogen-bond donors (Lipinski definition) is 1. The Kier molecular flexibility index (Phi) is 6.22. The van der Waals surface area contributed by atoms with Gasteiger partial charge in [0.2, 0.25) is 0 Å². The van der Waals surface area contributed by atoms with E-state index in [1.165, 1.54) is 30.5 Å². The van der Waals surface area contributed by atoms with Crippen LogP contribution in [0.4, 0.5) is 5.13 Å². The van der Waals surface area contributed by atoms with Crippen molar-refractivity contribution in [1.82, 2.24) is 4.98 Å². The zero-order valence-corrected chi connectivity index (χ0v) is 21.0. The van der Waals surface area contributed by atoms with E-state index in [0.717, 1.165) is 10.3 Å². The summed E-state index contributed by atoms with van der Waals surface area (Å²) < 4.78 is 10.8. The number of Topliss-reactive ketones (excluding diaryl/α,β-unsaturated/α-hetero) is 1. The quantitative estimate of drug-likeness (QED) is 0.172. The fourth-order valence-corrected chi connectivity index (χ4v) is 5.38. The Morgan fingerprint density at radius 1 is 0.973 bits per heavy atom. The van der Waals surface area contributed by atoms with Crippen LogP contribution >= 0.6 is 11.3 Å². The second-order valence-electron chi connectivity index (χ2n) is 8.48. The molecular formula is C28H22N2O6S. The van der Waals surface area contributed by atoms with Crippen LogP contribution in [0, 0.1) is 6.92 Å². The number of aliphatic hydroxyl groups excluding tert-OH is 1. The standard InChI is InChI=1S/C28H22N2O6S/c1-15-4-13-20-21(14-15)37-28(29-20)30-23(16-5-7-18(8-6-16)27(34)36-3)22(25(32)26(30)33)24(31)17-9-11-19(35-2)12-10-17/h4-14,23,31H,1-3H3/b24-22+/t23-/m0/s1. The van der Waals surface area contributed by atoms with Crippen molar-refractivity contribution in [3.63, 3.8) is 0 Å². The molecule has 9 heteroatoms. The summed E-state index contributed by atoms with van der Waals surface area (Å²) in [4.78, 5) is 44.7. The van der Waals surface area contributed by atoms with Crippen LogP contribution < -0.4 is 9.64 Å². The van der Waals surface area contributed by atoms with Gasteiger partial charge in [-0.15, -0.1) is 0 Å². The molecule has 0 saturated carbocycles. The summed E-state index contributed by atoms with van der Waals surface area (Å²) in [6.45, 7) is 1.96. The predicted octanol–water partition coefficient (Wildman–Crippen LogP) is 5.03. The number of anilines is 1. The van der Waals surface area contributed by atoms with E-state index in [2.05, 4.69) is 4.98 Å². The van der Waals surface area contributed by atoms with Gasteiger partial charge < -0.3 is 14.6 Å². The average molecular weight is 515 g/mol. The average Bonchev–Trinajstić information content (AvgIpc) is 3.45. The number of ether oxygens (including phenoxy) is 2. The van der Waals surface area contributed by atoms with Gasteiger partial charge >= 0.3 is 11.9 Å². The number of hydrogen-bond acceptors (Lipinski definition) is 8. The number of amides is 1.